The van der Waals surface area contributed by atoms with Gasteiger partial charge >= 0.3 is 12.1 Å². The van der Waals surface area contributed by atoms with Crippen LogP contribution in [0.25, 0.3) is 11.5 Å². The van der Waals surface area contributed by atoms with Gasteiger partial charge in [0.15, 0.2) is 0 Å². The molecule has 0 bridgehead atoms. The fraction of sp³-hybridized carbons (Fsp3) is 0.176. The summed E-state index contributed by atoms with van der Waals surface area (Å²) in [5.41, 5.74) is 0.184. The number of rotatable bonds is 5. The van der Waals surface area contributed by atoms with Crippen molar-refractivity contribution in [2.45, 2.75) is 12.7 Å². The van der Waals surface area contributed by atoms with Crippen molar-refractivity contribution in [3.8, 4) is 11.5 Å². The zero-order valence-electron chi connectivity index (χ0n) is 14.6. The predicted octanol–water partition coefficient (Wildman–Crippen LogP) is 4.51. The lowest BCUT2D eigenvalue weighted by atomic mass is 10.1. The van der Waals surface area contributed by atoms with Gasteiger partial charge in [0.1, 0.15) is 5.82 Å². The number of nitrogens with zero attached hydrogens (tertiary/aromatic N) is 3. The maximum absolute atomic E-state index is 14.6. The number of halogens is 5. The minimum absolute atomic E-state index is 0.00955. The summed E-state index contributed by atoms with van der Waals surface area (Å²) in [5.74, 6) is -2.92. The van der Waals surface area contributed by atoms with E-state index >= 15 is 0 Å². The van der Waals surface area contributed by atoms with Crippen molar-refractivity contribution in [3.63, 3.8) is 0 Å². The highest BCUT2D eigenvalue weighted by Crippen LogP contribution is 2.31. The van der Waals surface area contributed by atoms with E-state index < -0.39 is 33.8 Å². The van der Waals surface area contributed by atoms with Gasteiger partial charge in [0.05, 0.1) is 18.5 Å². The first-order chi connectivity index (χ1) is 13.4. The molecule has 3 aromatic rings. The quantitative estimate of drug-likeness (QED) is 0.535. The van der Waals surface area contributed by atoms with Gasteiger partial charge in [-0.3, -0.25) is 4.31 Å². The fourth-order valence-electron chi connectivity index (χ4n) is 2.43. The molecule has 2 aromatic carbocycles. The van der Waals surface area contributed by atoms with Gasteiger partial charge in [0.25, 0.3) is 0 Å². The summed E-state index contributed by atoms with van der Waals surface area (Å²) in [7, 11) is -3.76. The average Bonchev–Trinajstić information content (AvgIpc) is 3.11. The molecular formula is C17H12ClF4N3O3S. The normalized spacial score (nSPS) is 12.2. The number of aromatic nitrogens is 2. The van der Waals surface area contributed by atoms with Crippen molar-refractivity contribution in [2.24, 2.45) is 0 Å². The molecule has 0 unspecified atom stereocenters. The van der Waals surface area contributed by atoms with E-state index in [0.717, 1.165) is 16.6 Å². The van der Waals surface area contributed by atoms with Crippen LogP contribution in [0.5, 0.6) is 0 Å². The molecule has 0 aliphatic carbocycles. The van der Waals surface area contributed by atoms with Crippen molar-refractivity contribution in [1.29, 1.82) is 0 Å². The highest BCUT2D eigenvalue weighted by Gasteiger charge is 2.38. The Morgan fingerprint density at radius 2 is 1.76 bits per heavy atom. The maximum Gasteiger partial charge on any atom is 0.470 e. The van der Waals surface area contributed by atoms with Gasteiger partial charge in [0, 0.05) is 16.1 Å². The summed E-state index contributed by atoms with van der Waals surface area (Å²) in [5, 5.41) is 6.54. The van der Waals surface area contributed by atoms with Crippen molar-refractivity contribution >= 4 is 27.3 Å². The molecule has 0 atom stereocenters. The third-order valence-electron chi connectivity index (χ3n) is 3.80. The Balaban J connectivity index is 1.91. The first-order valence-corrected chi connectivity index (χ1v) is 10.1. The lowest BCUT2D eigenvalue weighted by Gasteiger charge is -2.23. The summed E-state index contributed by atoms with van der Waals surface area (Å²) >= 11 is 5.80. The molecule has 0 N–H and O–H groups in total. The Kier molecular flexibility index (Phi) is 5.54. The van der Waals surface area contributed by atoms with Crippen molar-refractivity contribution in [2.75, 3.05) is 10.6 Å². The average molecular weight is 450 g/mol. The molecule has 0 saturated heterocycles. The number of hydrogen-bond donors (Lipinski definition) is 0. The molecule has 154 valence electrons. The molecule has 0 aliphatic heterocycles. The third kappa shape index (κ3) is 4.85. The van der Waals surface area contributed by atoms with Crippen LogP contribution in [0.1, 0.15) is 11.5 Å². The van der Waals surface area contributed by atoms with E-state index in [-0.39, 0.29) is 23.4 Å². The molecule has 3 rings (SSSR count). The van der Waals surface area contributed by atoms with Crippen LogP contribution in [-0.2, 0) is 22.7 Å². The predicted molar refractivity (Wildman–Crippen MR) is 97.2 cm³/mol. The second kappa shape index (κ2) is 7.64. The summed E-state index contributed by atoms with van der Waals surface area (Å²) in [6.45, 7) is -0.343. The van der Waals surface area contributed by atoms with Crippen LogP contribution in [0.15, 0.2) is 46.9 Å². The molecule has 0 saturated carbocycles. The monoisotopic (exact) mass is 449 g/mol. The van der Waals surface area contributed by atoms with Gasteiger partial charge in [-0.15, -0.1) is 10.2 Å². The Morgan fingerprint density at radius 1 is 1.10 bits per heavy atom. The Morgan fingerprint density at radius 3 is 2.28 bits per heavy atom. The number of hydrogen-bond acceptors (Lipinski definition) is 5. The van der Waals surface area contributed by atoms with Crippen LogP contribution in [0.4, 0.5) is 23.2 Å². The molecule has 0 fully saturated rings. The van der Waals surface area contributed by atoms with Gasteiger partial charge in [-0.2, -0.15) is 13.2 Å². The molecule has 29 heavy (non-hydrogen) atoms. The number of anilines is 1. The van der Waals surface area contributed by atoms with Gasteiger partial charge < -0.3 is 4.42 Å². The Bertz CT molecular complexity index is 1130. The zero-order chi connectivity index (χ0) is 21.4. The minimum atomic E-state index is -4.82. The molecule has 0 spiro atoms. The Hall–Kier alpha value is -2.66. The molecule has 6 nitrogen and oxygen atoms in total. The van der Waals surface area contributed by atoms with Crippen molar-refractivity contribution in [3.05, 3.63) is 64.8 Å². The smallest absolute Gasteiger partial charge is 0.413 e. The van der Waals surface area contributed by atoms with Gasteiger partial charge in [-0.05, 0) is 36.4 Å². The Labute approximate surface area is 167 Å². The van der Waals surface area contributed by atoms with E-state index in [4.69, 9.17) is 11.6 Å². The number of sulfonamides is 1. The van der Waals surface area contributed by atoms with Crippen molar-refractivity contribution in [1.82, 2.24) is 10.2 Å². The largest absolute Gasteiger partial charge is 0.470 e. The topological polar surface area (TPSA) is 76.3 Å². The molecule has 12 heteroatoms. The third-order valence-corrected chi connectivity index (χ3v) is 5.19. The second-order valence-electron chi connectivity index (χ2n) is 5.96. The molecule has 1 heterocycles. The fourth-order valence-corrected chi connectivity index (χ4v) is 3.43. The highest BCUT2D eigenvalue weighted by atomic mass is 35.5. The molecule has 1 aromatic heterocycles. The lowest BCUT2D eigenvalue weighted by molar-refractivity contribution is -0.156. The molecular weight excluding hydrogens is 438 g/mol. The standard InChI is InChI=1S/C17H12ClF4N3O3S/c1-29(26,27)25(13-6-4-12(18)5-7-13)9-11-3-2-10(8-14(11)19)15-23-24-16(28-15)17(20,21)22/h2-8H,9H2,1H3. The first-order valence-electron chi connectivity index (χ1n) is 7.88. The van der Waals surface area contributed by atoms with Gasteiger partial charge in [-0.25, -0.2) is 12.8 Å². The van der Waals surface area contributed by atoms with E-state index in [0.29, 0.717) is 5.02 Å². The van der Waals surface area contributed by atoms with Gasteiger partial charge in [0.2, 0.25) is 15.9 Å². The molecule has 0 radical (unpaired) electrons. The number of alkyl halides is 3. The number of benzene rings is 2. The summed E-state index contributed by atoms with van der Waals surface area (Å²) in [4.78, 5) is 0. The summed E-state index contributed by atoms with van der Waals surface area (Å²) in [6.07, 6.45) is -3.86. The van der Waals surface area contributed by atoms with Crippen LogP contribution < -0.4 is 4.31 Å². The summed E-state index contributed by atoms with van der Waals surface area (Å²) in [6, 6.07) is 9.29. The van der Waals surface area contributed by atoms with E-state index in [2.05, 4.69) is 14.6 Å². The maximum atomic E-state index is 14.6. The van der Waals surface area contributed by atoms with Crippen LogP contribution in [-0.4, -0.2) is 24.9 Å². The highest BCUT2D eigenvalue weighted by molar-refractivity contribution is 7.92. The van der Waals surface area contributed by atoms with Crippen LogP contribution in [0, 0.1) is 5.82 Å². The van der Waals surface area contributed by atoms with Crippen LogP contribution >= 0.6 is 11.6 Å². The van der Waals surface area contributed by atoms with E-state index in [1.54, 1.807) is 0 Å². The van der Waals surface area contributed by atoms with E-state index in [9.17, 15) is 26.0 Å². The molecule has 0 aliphatic rings. The lowest BCUT2D eigenvalue weighted by Crippen LogP contribution is -2.29. The van der Waals surface area contributed by atoms with Crippen LogP contribution in [0.2, 0.25) is 5.02 Å². The molecule has 0 amide bonds. The summed E-state index contributed by atoms with van der Waals surface area (Å²) < 4.78 is 82.0. The zero-order valence-corrected chi connectivity index (χ0v) is 16.2. The van der Waals surface area contributed by atoms with E-state index in [1.165, 1.54) is 36.4 Å². The van der Waals surface area contributed by atoms with Gasteiger partial charge in [-0.1, -0.05) is 17.7 Å². The van der Waals surface area contributed by atoms with E-state index in [1.807, 2.05) is 0 Å². The van der Waals surface area contributed by atoms with Crippen molar-refractivity contribution < 1.29 is 30.4 Å². The second-order valence-corrected chi connectivity index (χ2v) is 8.31. The minimum Gasteiger partial charge on any atom is -0.413 e. The first kappa shape index (κ1) is 21.1. The SMILES string of the molecule is CS(=O)(=O)N(Cc1ccc(-c2nnc(C(F)(F)F)o2)cc1F)c1ccc(Cl)cc1. The van der Waals surface area contributed by atoms with Crippen LogP contribution in [0.3, 0.4) is 0 Å².